The molecule has 0 aliphatic carbocycles. The third-order valence-corrected chi connectivity index (χ3v) is 5.48. The van der Waals surface area contributed by atoms with E-state index in [1.165, 1.54) is 34.6 Å². The van der Waals surface area contributed by atoms with E-state index >= 15 is 0 Å². The van der Waals surface area contributed by atoms with E-state index in [4.69, 9.17) is 10.3 Å². The summed E-state index contributed by atoms with van der Waals surface area (Å²) in [5, 5.41) is 27.1. The SMILES string of the molecule is C[C@H](Sc1nnc(Cc2ccccc2F)n1N)c1nnc(-c2ccc([N+](=O)[O-])cc2)o1. The number of non-ortho nitro benzene ring substituents is 1. The van der Waals surface area contributed by atoms with Gasteiger partial charge in [0.1, 0.15) is 5.82 Å². The van der Waals surface area contributed by atoms with Gasteiger partial charge >= 0.3 is 0 Å². The maximum Gasteiger partial charge on any atom is 0.269 e. The van der Waals surface area contributed by atoms with Gasteiger partial charge in [-0.3, -0.25) is 10.1 Å². The van der Waals surface area contributed by atoms with Crippen molar-refractivity contribution in [3.8, 4) is 11.5 Å². The highest BCUT2D eigenvalue weighted by Gasteiger charge is 2.21. The molecule has 0 amide bonds. The first-order chi connectivity index (χ1) is 14.9. The normalized spacial score (nSPS) is 12.1. The molecule has 0 aliphatic heterocycles. The average Bonchev–Trinajstić information content (AvgIpc) is 3.38. The summed E-state index contributed by atoms with van der Waals surface area (Å²) in [6.07, 6.45) is 0.204. The highest BCUT2D eigenvalue weighted by molar-refractivity contribution is 7.99. The van der Waals surface area contributed by atoms with Crippen molar-refractivity contribution in [3.63, 3.8) is 0 Å². The number of halogens is 1. The topological polar surface area (TPSA) is 139 Å². The monoisotopic (exact) mass is 441 g/mol. The lowest BCUT2D eigenvalue weighted by atomic mass is 10.1. The maximum absolute atomic E-state index is 13.9. The largest absolute Gasteiger partial charge is 0.419 e. The van der Waals surface area contributed by atoms with Crippen molar-refractivity contribution < 1.29 is 13.7 Å². The molecule has 0 unspecified atom stereocenters. The second-order valence-corrected chi connectivity index (χ2v) is 7.85. The Balaban J connectivity index is 1.47. The molecule has 2 heterocycles. The fourth-order valence-corrected chi connectivity index (χ4v) is 3.59. The average molecular weight is 441 g/mol. The van der Waals surface area contributed by atoms with E-state index in [9.17, 15) is 14.5 Å². The summed E-state index contributed by atoms with van der Waals surface area (Å²) in [5.41, 5.74) is 1.01. The van der Waals surface area contributed by atoms with Gasteiger partial charge < -0.3 is 10.3 Å². The van der Waals surface area contributed by atoms with Crippen molar-refractivity contribution in [2.75, 3.05) is 5.84 Å². The summed E-state index contributed by atoms with van der Waals surface area (Å²) in [6.45, 7) is 1.84. The number of aromatic nitrogens is 5. The Morgan fingerprint density at radius 2 is 1.90 bits per heavy atom. The number of nitro groups is 1. The van der Waals surface area contributed by atoms with E-state index in [-0.39, 0.29) is 29.1 Å². The first-order valence-electron chi connectivity index (χ1n) is 9.10. The number of thioether (sulfide) groups is 1. The molecule has 0 spiro atoms. The summed E-state index contributed by atoms with van der Waals surface area (Å²) in [5.74, 6) is 6.74. The lowest BCUT2D eigenvalue weighted by Gasteiger charge is -2.07. The van der Waals surface area contributed by atoms with Gasteiger partial charge in [-0.15, -0.1) is 20.4 Å². The maximum atomic E-state index is 13.9. The fraction of sp³-hybridized carbons (Fsp3) is 0.158. The lowest BCUT2D eigenvalue weighted by molar-refractivity contribution is -0.384. The Hall–Kier alpha value is -3.80. The van der Waals surface area contributed by atoms with Gasteiger partial charge in [0.2, 0.25) is 16.9 Å². The van der Waals surface area contributed by atoms with Gasteiger partial charge in [0.15, 0.2) is 5.82 Å². The van der Waals surface area contributed by atoms with Crippen molar-refractivity contribution in [2.45, 2.75) is 23.8 Å². The van der Waals surface area contributed by atoms with E-state index in [0.29, 0.717) is 28.0 Å². The standard InChI is InChI=1S/C19H16FN7O3S/c1-11(17-23-24-18(30-17)12-6-8-14(9-7-12)27(28)29)31-19-25-22-16(26(19)21)10-13-4-2-3-5-15(13)20/h2-9,11H,10,21H2,1H3/t11-/m0/s1. The number of nitro benzene ring substituents is 1. The molecule has 158 valence electrons. The van der Waals surface area contributed by atoms with E-state index in [2.05, 4.69) is 20.4 Å². The molecule has 12 heteroatoms. The van der Waals surface area contributed by atoms with Gasteiger partial charge in [0.25, 0.3) is 5.69 Å². The van der Waals surface area contributed by atoms with E-state index < -0.39 is 4.92 Å². The molecule has 31 heavy (non-hydrogen) atoms. The Morgan fingerprint density at radius 1 is 1.16 bits per heavy atom. The smallest absolute Gasteiger partial charge is 0.269 e. The number of nitrogens with two attached hydrogens (primary N) is 1. The molecule has 2 N–H and O–H groups in total. The van der Waals surface area contributed by atoms with Gasteiger partial charge in [0.05, 0.1) is 10.2 Å². The first kappa shape index (κ1) is 20.5. The fourth-order valence-electron chi connectivity index (χ4n) is 2.77. The molecular formula is C19H16FN7O3S. The molecule has 0 bridgehead atoms. The number of hydrogen-bond donors (Lipinski definition) is 1. The van der Waals surface area contributed by atoms with Crippen LogP contribution in [-0.4, -0.2) is 30.0 Å². The van der Waals surface area contributed by atoms with Gasteiger partial charge in [-0.1, -0.05) is 30.0 Å². The van der Waals surface area contributed by atoms with Crippen LogP contribution in [0.5, 0.6) is 0 Å². The van der Waals surface area contributed by atoms with Crippen LogP contribution in [0.2, 0.25) is 0 Å². The Labute approximate surface area is 179 Å². The molecule has 0 radical (unpaired) electrons. The zero-order valence-electron chi connectivity index (χ0n) is 16.2. The molecule has 2 aromatic carbocycles. The molecule has 2 aromatic heterocycles. The summed E-state index contributed by atoms with van der Waals surface area (Å²) >= 11 is 1.26. The van der Waals surface area contributed by atoms with Gasteiger partial charge in [-0.25, -0.2) is 9.07 Å². The summed E-state index contributed by atoms with van der Waals surface area (Å²) < 4.78 is 20.9. The van der Waals surface area contributed by atoms with Crippen LogP contribution in [-0.2, 0) is 6.42 Å². The quantitative estimate of drug-likeness (QED) is 0.197. The molecule has 0 saturated carbocycles. The van der Waals surface area contributed by atoms with Crippen LogP contribution in [0.3, 0.4) is 0 Å². The Morgan fingerprint density at radius 3 is 2.61 bits per heavy atom. The Kier molecular flexibility index (Phi) is 5.62. The molecule has 1 atom stereocenters. The van der Waals surface area contributed by atoms with Crippen LogP contribution in [0.25, 0.3) is 11.5 Å². The van der Waals surface area contributed by atoms with Crippen molar-refractivity contribution in [1.82, 2.24) is 25.1 Å². The minimum absolute atomic E-state index is 0.0270. The van der Waals surface area contributed by atoms with Crippen molar-refractivity contribution in [1.29, 1.82) is 0 Å². The lowest BCUT2D eigenvalue weighted by Crippen LogP contribution is -2.15. The van der Waals surface area contributed by atoms with Gasteiger partial charge in [-0.2, -0.15) is 0 Å². The predicted molar refractivity (Wildman–Crippen MR) is 110 cm³/mol. The third kappa shape index (κ3) is 4.38. The molecular weight excluding hydrogens is 425 g/mol. The van der Waals surface area contributed by atoms with Crippen LogP contribution in [0.15, 0.2) is 58.1 Å². The van der Waals surface area contributed by atoms with Crippen LogP contribution in [0.4, 0.5) is 10.1 Å². The minimum Gasteiger partial charge on any atom is -0.419 e. The molecule has 4 rings (SSSR count). The third-order valence-electron chi connectivity index (χ3n) is 4.44. The van der Waals surface area contributed by atoms with E-state index in [1.807, 2.05) is 6.92 Å². The summed E-state index contributed by atoms with van der Waals surface area (Å²) in [6, 6.07) is 12.2. The first-order valence-corrected chi connectivity index (χ1v) is 9.98. The number of nitrogen functional groups attached to an aromatic ring is 1. The zero-order valence-corrected chi connectivity index (χ0v) is 17.0. The van der Waals surface area contributed by atoms with Crippen molar-refractivity contribution in [2.24, 2.45) is 0 Å². The molecule has 10 nitrogen and oxygen atoms in total. The highest BCUT2D eigenvalue weighted by Crippen LogP contribution is 2.34. The van der Waals surface area contributed by atoms with Crippen LogP contribution >= 0.6 is 11.8 Å². The van der Waals surface area contributed by atoms with Crippen LogP contribution in [0.1, 0.15) is 29.5 Å². The molecule has 0 fully saturated rings. The van der Waals surface area contributed by atoms with Crippen LogP contribution < -0.4 is 5.84 Å². The summed E-state index contributed by atoms with van der Waals surface area (Å²) in [7, 11) is 0. The van der Waals surface area contributed by atoms with Crippen molar-refractivity contribution >= 4 is 17.4 Å². The molecule has 0 saturated heterocycles. The molecule has 4 aromatic rings. The van der Waals surface area contributed by atoms with Gasteiger partial charge in [-0.05, 0) is 30.7 Å². The second kappa shape index (κ2) is 8.52. The van der Waals surface area contributed by atoms with E-state index in [1.54, 1.807) is 30.3 Å². The zero-order chi connectivity index (χ0) is 22.0. The number of nitrogens with zero attached hydrogens (tertiary/aromatic N) is 6. The second-order valence-electron chi connectivity index (χ2n) is 6.55. The Bertz CT molecular complexity index is 1230. The van der Waals surface area contributed by atoms with Gasteiger partial charge in [0, 0.05) is 24.1 Å². The minimum atomic E-state index is -0.481. The summed E-state index contributed by atoms with van der Waals surface area (Å²) in [4.78, 5) is 10.3. The van der Waals surface area contributed by atoms with Crippen molar-refractivity contribution in [3.05, 3.63) is 81.7 Å². The van der Waals surface area contributed by atoms with Crippen LogP contribution in [0, 0.1) is 15.9 Å². The molecule has 0 aliphatic rings. The number of benzene rings is 2. The number of hydrogen-bond acceptors (Lipinski definition) is 9. The highest BCUT2D eigenvalue weighted by atomic mass is 32.2. The predicted octanol–water partition coefficient (Wildman–Crippen LogP) is 3.53. The van der Waals surface area contributed by atoms with E-state index in [0.717, 1.165) is 0 Å². The number of rotatable bonds is 7.